The molecule has 0 saturated carbocycles. The first-order valence-electron chi connectivity index (χ1n) is 36.9. The number of likely N-dealkylation sites (N-methyl/N-ethyl adjacent to an activating group) is 1. The zero-order chi connectivity index (χ0) is 62.6. The molecule has 1 amide bonds. The minimum Gasteiger partial charge on any atom is -0.756 e. The van der Waals surface area contributed by atoms with Crippen LogP contribution in [0.5, 0.6) is 0 Å². The van der Waals surface area contributed by atoms with Crippen molar-refractivity contribution in [2.45, 2.75) is 360 Å². The molecule has 0 aromatic rings. The Morgan fingerprint density at radius 1 is 0.419 bits per heavy atom. The van der Waals surface area contributed by atoms with E-state index in [1.807, 2.05) is 27.2 Å². The number of aliphatic hydroxyl groups is 1. The molecule has 0 spiro atoms. The third kappa shape index (κ3) is 69.2. The Bertz CT molecular complexity index is 1680. The van der Waals surface area contributed by atoms with Gasteiger partial charge in [-0.2, -0.15) is 0 Å². The predicted octanol–water partition coefficient (Wildman–Crippen LogP) is 23.3. The molecule has 0 aliphatic heterocycles. The number of aliphatic hydroxyl groups excluding tert-OH is 1. The summed E-state index contributed by atoms with van der Waals surface area (Å²) in [6.07, 6.45) is 95.9. The van der Waals surface area contributed by atoms with Gasteiger partial charge in [0.05, 0.1) is 39.9 Å². The molecule has 3 atom stereocenters. The van der Waals surface area contributed by atoms with Crippen molar-refractivity contribution in [3.8, 4) is 0 Å². The van der Waals surface area contributed by atoms with Crippen molar-refractivity contribution in [2.75, 3.05) is 40.9 Å². The number of rotatable bonds is 68. The van der Waals surface area contributed by atoms with E-state index in [-0.39, 0.29) is 12.5 Å². The maximum absolute atomic E-state index is 13.0. The topological polar surface area (TPSA) is 108 Å². The summed E-state index contributed by atoms with van der Waals surface area (Å²) in [4.78, 5) is 25.6. The van der Waals surface area contributed by atoms with Gasteiger partial charge in [0.15, 0.2) is 0 Å². The van der Waals surface area contributed by atoms with Gasteiger partial charge in [-0.05, 0) is 83.5 Å². The number of unbranched alkanes of at least 4 members (excludes halogenated alkanes) is 43. The highest BCUT2D eigenvalue weighted by Gasteiger charge is 2.23. The van der Waals surface area contributed by atoms with E-state index >= 15 is 0 Å². The highest BCUT2D eigenvalue weighted by Crippen LogP contribution is 2.38. The van der Waals surface area contributed by atoms with Crippen LogP contribution in [0.4, 0.5) is 0 Å². The lowest BCUT2D eigenvalue weighted by molar-refractivity contribution is -0.870. The minimum atomic E-state index is -4.62. The maximum atomic E-state index is 13.0. The molecule has 0 bridgehead atoms. The maximum Gasteiger partial charge on any atom is 0.268 e. The van der Waals surface area contributed by atoms with Crippen molar-refractivity contribution in [2.24, 2.45) is 0 Å². The smallest absolute Gasteiger partial charge is 0.268 e. The molecular formula is C77H143N2O6P. The number of phosphoric ester groups is 1. The number of carbonyl (C=O) groups is 1. The first kappa shape index (κ1) is 83.7. The number of nitrogens with one attached hydrogen (secondary N) is 1. The normalized spacial score (nSPS) is 14.1. The molecule has 0 fully saturated rings. The Labute approximate surface area is 535 Å². The third-order valence-electron chi connectivity index (χ3n) is 16.6. The fourth-order valence-corrected chi connectivity index (χ4v) is 11.6. The Balaban J connectivity index is 4.00. The summed E-state index contributed by atoms with van der Waals surface area (Å²) < 4.78 is 23.4. The van der Waals surface area contributed by atoms with E-state index in [0.717, 1.165) is 70.6 Å². The number of quaternary nitrogens is 1. The van der Waals surface area contributed by atoms with E-state index in [9.17, 15) is 19.4 Å². The van der Waals surface area contributed by atoms with Crippen molar-refractivity contribution in [3.63, 3.8) is 0 Å². The number of carbonyl (C=O) groups excluding carboxylic acids is 1. The van der Waals surface area contributed by atoms with Crippen LogP contribution in [0.25, 0.3) is 0 Å². The summed E-state index contributed by atoms with van der Waals surface area (Å²) >= 11 is 0. The van der Waals surface area contributed by atoms with Crippen LogP contribution in [0.1, 0.15) is 348 Å². The highest BCUT2D eigenvalue weighted by atomic mass is 31.2. The lowest BCUT2D eigenvalue weighted by Gasteiger charge is -2.29. The molecule has 0 aliphatic carbocycles. The molecular weight excluding hydrogens is 1080 g/mol. The molecule has 0 rings (SSSR count). The second kappa shape index (κ2) is 67.1. The second-order valence-electron chi connectivity index (χ2n) is 26.3. The van der Waals surface area contributed by atoms with Crippen LogP contribution in [0, 0.1) is 0 Å². The summed E-state index contributed by atoms with van der Waals surface area (Å²) in [6.45, 7) is 4.55. The summed E-state index contributed by atoms with van der Waals surface area (Å²) in [5.41, 5.74) is 0. The van der Waals surface area contributed by atoms with E-state index in [1.165, 1.54) is 257 Å². The molecule has 8 nitrogen and oxygen atoms in total. The van der Waals surface area contributed by atoms with Crippen LogP contribution < -0.4 is 10.2 Å². The van der Waals surface area contributed by atoms with Crippen LogP contribution >= 0.6 is 7.82 Å². The van der Waals surface area contributed by atoms with Gasteiger partial charge in [-0.3, -0.25) is 9.36 Å². The van der Waals surface area contributed by atoms with Gasteiger partial charge in [0.1, 0.15) is 13.2 Å². The van der Waals surface area contributed by atoms with Gasteiger partial charge >= 0.3 is 0 Å². The zero-order valence-corrected chi connectivity index (χ0v) is 58.4. The van der Waals surface area contributed by atoms with Gasteiger partial charge in [0.25, 0.3) is 7.82 Å². The summed E-state index contributed by atoms with van der Waals surface area (Å²) in [5.74, 6) is -0.206. The van der Waals surface area contributed by atoms with Gasteiger partial charge in [0, 0.05) is 6.42 Å². The van der Waals surface area contributed by atoms with Crippen LogP contribution in [0.15, 0.2) is 85.1 Å². The SMILES string of the molecule is CC/C=C\C/C=C\C/C=C\C/C=C\CCCCCCCCCCCCCCCCCCCCCCCCCCCCC(=O)NC(COP(=O)([O-])OCC[N+](C)(C)C)C(O)/C=C/CC/C=C/CC/C=C/CCCCCCCCCCCCCCCCC. The van der Waals surface area contributed by atoms with E-state index < -0.39 is 26.6 Å². The number of allylic oxidation sites excluding steroid dienone is 13. The Morgan fingerprint density at radius 3 is 1.08 bits per heavy atom. The number of hydrogen-bond acceptors (Lipinski definition) is 6. The van der Waals surface area contributed by atoms with Gasteiger partial charge in [-0.1, -0.05) is 343 Å². The van der Waals surface area contributed by atoms with Crippen molar-refractivity contribution >= 4 is 13.7 Å². The molecule has 0 aliphatic rings. The summed E-state index contributed by atoms with van der Waals surface area (Å²) in [5, 5.41) is 13.9. The molecule has 0 heterocycles. The lowest BCUT2D eigenvalue weighted by atomic mass is 10.0. The van der Waals surface area contributed by atoms with Gasteiger partial charge in [-0.25, -0.2) is 0 Å². The number of phosphoric acid groups is 1. The second-order valence-corrected chi connectivity index (χ2v) is 27.7. The monoisotopic (exact) mass is 1220 g/mol. The highest BCUT2D eigenvalue weighted by molar-refractivity contribution is 7.45. The Kier molecular flexibility index (Phi) is 65.3. The summed E-state index contributed by atoms with van der Waals surface area (Å²) in [7, 11) is 1.24. The largest absolute Gasteiger partial charge is 0.756 e. The molecule has 502 valence electrons. The first-order valence-corrected chi connectivity index (χ1v) is 38.4. The van der Waals surface area contributed by atoms with Crippen molar-refractivity contribution in [3.05, 3.63) is 85.1 Å². The third-order valence-corrected chi connectivity index (χ3v) is 17.5. The Hall–Kier alpha value is -2.32. The van der Waals surface area contributed by atoms with Crippen LogP contribution in [0.3, 0.4) is 0 Å². The fourth-order valence-electron chi connectivity index (χ4n) is 10.9. The number of amides is 1. The Morgan fingerprint density at radius 2 is 0.721 bits per heavy atom. The molecule has 3 unspecified atom stereocenters. The van der Waals surface area contributed by atoms with E-state index in [2.05, 4.69) is 92.1 Å². The van der Waals surface area contributed by atoms with Crippen LogP contribution in [-0.2, 0) is 18.4 Å². The van der Waals surface area contributed by atoms with Gasteiger partial charge in [-0.15, -0.1) is 0 Å². The molecule has 0 saturated heterocycles. The van der Waals surface area contributed by atoms with Crippen molar-refractivity contribution in [1.82, 2.24) is 5.32 Å². The first-order chi connectivity index (χ1) is 42.0. The van der Waals surface area contributed by atoms with Crippen molar-refractivity contribution in [1.29, 1.82) is 0 Å². The molecule has 86 heavy (non-hydrogen) atoms. The standard InChI is InChI=1S/C77H143N2O6P/c1-6-8-10-12-14-16-18-20-22-24-26-28-30-32-33-34-35-36-37-38-39-40-41-42-43-44-45-47-49-51-53-55-57-59-61-63-65-67-69-71-77(81)78-75(74-85-86(82,83)84-73-72-79(3,4)5)76(80)70-68-66-64-62-60-58-56-54-52-50-48-46-31-29-27-25-23-21-19-17-15-13-11-9-7-2/h8,10,14,16,20,22,26,28,52,54,60,62,68,70,75-76,80H,6-7,9,11-13,15,17-19,21,23-25,27,29-51,53,55-59,61,63-67,69,71-74H2,1-5H3,(H-,78,81,82,83)/b10-8-,16-14-,22-20-,28-26-,54-52+,62-60+,70-68+. The van der Waals surface area contributed by atoms with Crippen LogP contribution in [-0.4, -0.2) is 68.5 Å². The predicted molar refractivity (Wildman–Crippen MR) is 376 cm³/mol. The van der Waals surface area contributed by atoms with E-state index in [4.69, 9.17) is 9.05 Å². The molecule has 0 aromatic heterocycles. The molecule has 0 aromatic carbocycles. The molecule has 9 heteroatoms. The zero-order valence-electron chi connectivity index (χ0n) is 57.5. The lowest BCUT2D eigenvalue weighted by Crippen LogP contribution is -2.45. The quantitative estimate of drug-likeness (QED) is 0.0272. The average Bonchev–Trinajstić information content (AvgIpc) is 3.70. The van der Waals surface area contributed by atoms with Gasteiger partial charge in [0.2, 0.25) is 5.91 Å². The van der Waals surface area contributed by atoms with E-state index in [1.54, 1.807) is 6.08 Å². The van der Waals surface area contributed by atoms with Crippen molar-refractivity contribution < 1.29 is 32.9 Å². The van der Waals surface area contributed by atoms with Gasteiger partial charge < -0.3 is 28.8 Å². The minimum absolute atomic E-state index is 0.00934. The molecule has 2 N–H and O–H groups in total. The number of hydrogen-bond donors (Lipinski definition) is 2. The summed E-state index contributed by atoms with van der Waals surface area (Å²) in [6, 6.07) is -0.913. The van der Waals surface area contributed by atoms with E-state index in [0.29, 0.717) is 17.4 Å². The fraction of sp³-hybridized carbons (Fsp3) is 0.805. The van der Waals surface area contributed by atoms with Crippen LogP contribution in [0.2, 0.25) is 0 Å². The molecule has 0 radical (unpaired) electrons. The average molecular weight is 1220 g/mol. The number of nitrogens with zero attached hydrogens (tertiary/aromatic N) is 1.